The van der Waals surface area contributed by atoms with Crippen LogP contribution in [0.1, 0.15) is 72.1 Å². The minimum Gasteiger partial charge on any atom is -0.444 e. The maximum Gasteiger partial charge on any atom is 0.408 e. The fourth-order valence-electron chi connectivity index (χ4n) is 4.77. The van der Waals surface area contributed by atoms with Gasteiger partial charge in [-0.3, -0.25) is 14.4 Å². The molecule has 9 nitrogen and oxygen atoms in total. The Morgan fingerprint density at radius 1 is 1.15 bits per heavy atom. The van der Waals surface area contributed by atoms with Crippen molar-refractivity contribution in [3.8, 4) is 0 Å². The van der Waals surface area contributed by atoms with Crippen molar-refractivity contribution in [2.75, 3.05) is 13.6 Å². The van der Waals surface area contributed by atoms with Crippen molar-refractivity contribution in [2.24, 2.45) is 5.92 Å². The molecule has 0 aromatic carbocycles. The maximum atomic E-state index is 13.5. The number of carbonyl (C=O) groups excluding carboxylic acids is 4. The van der Waals surface area contributed by atoms with Gasteiger partial charge in [0.05, 0.1) is 0 Å². The second kappa shape index (κ2) is 10.1. The third-order valence-corrected chi connectivity index (χ3v) is 6.55. The quantitative estimate of drug-likeness (QED) is 0.543. The van der Waals surface area contributed by atoms with Crippen LogP contribution in [0, 0.1) is 5.92 Å². The van der Waals surface area contributed by atoms with Gasteiger partial charge in [0.2, 0.25) is 17.7 Å². The highest BCUT2D eigenvalue weighted by Gasteiger charge is 2.60. The second-order valence-electron chi connectivity index (χ2n) is 10.3. The van der Waals surface area contributed by atoms with Gasteiger partial charge < -0.3 is 25.6 Å². The van der Waals surface area contributed by atoms with Gasteiger partial charge >= 0.3 is 6.09 Å². The fraction of sp³-hybridized carbons (Fsp3) is 0.750. The molecule has 0 aromatic heterocycles. The molecule has 4 amide bonds. The fourth-order valence-corrected chi connectivity index (χ4v) is 4.77. The van der Waals surface area contributed by atoms with E-state index in [1.54, 1.807) is 32.7 Å². The van der Waals surface area contributed by atoms with E-state index in [1.807, 2.05) is 6.08 Å². The molecule has 1 saturated carbocycles. The lowest BCUT2D eigenvalue weighted by atomic mass is 10.0. The Morgan fingerprint density at radius 3 is 2.61 bits per heavy atom. The molecular formula is C24H38N4O5. The lowest BCUT2D eigenvalue weighted by molar-refractivity contribution is -0.141. The number of fused-ring (bicyclic) bond motifs is 2. The SMILES string of the molecule is CNC(=O)[C@@]12C[C@H]1/C=C\CCCCC[C@H](NC(=O)OC(C)(C)C)C(=O)N1CCC[C@H]1C(=O)N2. The highest BCUT2D eigenvalue weighted by molar-refractivity contribution is 5.98. The summed E-state index contributed by atoms with van der Waals surface area (Å²) < 4.78 is 5.36. The number of rotatable bonds is 2. The molecule has 2 fully saturated rings. The number of amides is 4. The first-order valence-electron chi connectivity index (χ1n) is 12.1. The summed E-state index contributed by atoms with van der Waals surface area (Å²) in [7, 11) is 1.57. The van der Waals surface area contributed by atoms with Gasteiger partial charge in [0.1, 0.15) is 23.2 Å². The van der Waals surface area contributed by atoms with Crippen LogP contribution in [-0.4, -0.2) is 65.5 Å². The van der Waals surface area contributed by atoms with Gasteiger partial charge in [0, 0.05) is 19.5 Å². The highest BCUT2D eigenvalue weighted by Crippen LogP contribution is 2.45. The van der Waals surface area contributed by atoms with E-state index in [2.05, 4.69) is 22.0 Å². The molecule has 9 heteroatoms. The molecular weight excluding hydrogens is 424 g/mol. The minimum atomic E-state index is -0.950. The van der Waals surface area contributed by atoms with Crippen LogP contribution in [0.15, 0.2) is 12.2 Å². The number of allylic oxidation sites excluding steroid dienone is 1. The first kappa shape index (κ1) is 25.1. The molecule has 0 radical (unpaired) electrons. The summed E-state index contributed by atoms with van der Waals surface area (Å²) in [5.41, 5.74) is -1.63. The van der Waals surface area contributed by atoms with E-state index in [-0.39, 0.29) is 23.6 Å². The molecule has 2 aliphatic heterocycles. The molecule has 4 atom stereocenters. The topological polar surface area (TPSA) is 117 Å². The van der Waals surface area contributed by atoms with E-state index in [0.29, 0.717) is 32.2 Å². The van der Waals surface area contributed by atoms with Crippen LogP contribution in [0.2, 0.25) is 0 Å². The Morgan fingerprint density at radius 2 is 1.91 bits per heavy atom. The van der Waals surface area contributed by atoms with Crippen molar-refractivity contribution >= 4 is 23.8 Å². The Labute approximate surface area is 196 Å². The van der Waals surface area contributed by atoms with Crippen molar-refractivity contribution in [1.29, 1.82) is 0 Å². The van der Waals surface area contributed by atoms with Gasteiger partial charge in [-0.05, 0) is 59.3 Å². The van der Waals surface area contributed by atoms with Crippen LogP contribution in [0.3, 0.4) is 0 Å². The van der Waals surface area contributed by atoms with Crippen molar-refractivity contribution in [1.82, 2.24) is 20.9 Å². The van der Waals surface area contributed by atoms with Crippen LogP contribution in [0.4, 0.5) is 4.79 Å². The van der Waals surface area contributed by atoms with Gasteiger partial charge in [-0.25, -0.2) is 4.79 Å². The average molecular weight is 463 g/mol. The van der Waals surface area contributed by atoms with Gasteiger partial charge in [-0.1, -0.05) is 25.0 Å². The van der Waals surface area contributed by atoms with Crippen molar-refractivity contribution in [3.63, 3.8) is 0 Å². The van der Waals surface area contributed by atoms with E-state index in [1.165, 1.54) is 0 Å². The molecule has 3 rings (SSSR count). The number of nitrogens with zero attached hydrogens (tertiary/aromatic N) is 1. The molecule has 184 valence electrons. The van der Waals surface area contributed by atoms with Crippen molar-refractivity contribution < 1.29 is 23.9 Å². The van der Waals surface area contributed by atoms with E-state index in [0.717, 1.165) is 25.7 Å². The normalized spacial score (nSPS) is 31.8. The summed E-state index contributed by atoms with van der Waals surface area (Å²) >= 11 is 0. The van der Waals surface area contributed by atoms with Gasteiger partial charge in [-0.15, -0.1) is 0 Å². The standard InChI is InChI=1S/C24H38N4O5/c1-23(2,3)33-22(32)26-17-12-9-7-5-6-8-11-16-15-24(16,21(31)25-4)27-19(29)18-13-10-14-28(18)20(17)30/h8,11,16-18H,5-7,9-10,12-15H2,1-4H3,(H,25,31)(H,26,32)(H,27,29)/b11-8-/t16-,17+,18+,24-/m1/s1. The van der Waals surface area contributed by atoms with Crippen LogP contribution in [0.5, 0.6) is 0 Å². The first-order valence-corrected chi connectivity index (χ1v) is 12.1. The lowest BCUT2D eigenvalue weighted by Crippen LogP contribution is -2.57. The summed E-state index contributed by atoms with van der Waals surface area (Å²) in [5.74, 6) is -0.840. The van der Waals surface area contributed by atoms with E-state index >= 15 is 0 Å². The molecule has 0 unspecified atom stereocenters. The van der Waals surface area contributed by atoms with E-state index in [9.17, 15) is 19.2 Å². The number of carbonyl (C=O) groups is 4. The average Bonchev–Trinajstić information content (AvgIpc) is 3.19. The molecule has 3 aliphatic rings. The maximum absolute atomic E-state index is 13.5. The number of likely N-dealkylation sites (N-methyl/N-ethyl adjacent to an activating group) is 1. The summed E-state index contributed by atoms with van der Waals surface area (Å²) in [4.78, 5) is 53.3. The summed E-state index contributed by atoms with van der Waals surface area (Å²) in [6.45, 7) is 5.76. The summed E-state index contributed by atoms with van der Waals surface area (Å²) in [6, 6.07) is -1.41. The Hall–Kier alpha value is -2.58. The third-order valence-electron chi connectivity index (χ3n) is 6.55. The largest absolute Gasteiger partial charge is 0.444 e. The molecule has 1 aliphatic carbocycles. The number of alkyl carbamates (subject to hydrolysis) is 1. The van der Waals surface area contributed by atoms with Gasteiger partial charge in [-0.2, -0.15) is 0 Å². The number of hydrogen-bond donors (Lipinski definition) is 3. The lowest BCUT2D eigenvalue weighted by Gasteiger charge is -2.30. The monoisotopic (exact) mass is 462 g/mol. The summed E-state index contributed by atoms with van der Waals surface area (Å²) in [5, 5.41) is 8.36. The third kappa shape index (κ3) is 6.06. The number of nitrogens with one attached hydrogen (secondary N) is 3. The number of hydrogen-bond acceptors (Lipinski definition) is 5. The zero-order valence-corrected chi connectivity index (χ0v) is 20.2. The molecule has 2 heterocycles. The minimum absolute atomic E-state index is 0.0429. The predicted molar refractivity (Wildman–Crippen MR) is 123 cm³/mol. The molecule has 0 aromatic rings. The molecule has 1 saturated heterocycles. The summed E-state index contributed by atoms with van der Waals surface area (Å²) in [6.07, 6.45) is 9.22. The van der Waals surface area contributed by atoms with Crippen LogP contribution in [-0.2, 0) is 19.1 Å². The number of ether oxygens (including phenoxy) is 1. The Kier molecular flexibility index (Phi) is 7.69. The molecule has 33 heavy (non-hydrogen) atoms. The Bertz CT molecular complexity index is 805. The molecule has 3 N–H and O–H groups in total. The first-order chi connectivity index (χ1) is 15.6. The van der Waals surface area contributed by atoms with E-state index < -0.39 is 29.3 Å². The van der Waals surface area contributed by atoms with Crippen LogP contribution >= 0.6 is 0 Å². The smallest absolute Gasteiger partial charge is 0.408 e. The van der Waals surface area contributed by atoms with Crippen LogP contribution < -0.4 is 16.0 Å². The van der Waals surface area contributed by atoms with Crippen molar-refractivity contribution in [3.05, 3.63) is 12.2 Å². The van der Waals surface area contributed by atoms with E-state index in [4.69, 9.17) is 4.74 Å². The van der Waals surface area contributed by atoms with Crippen molar-refractivity contribution in [2.45, 2.75) is 95.4 Å². The van der Waals surface area contributed by atoms with Crippen LogP contribution in [0.25, 0.3) is 0 Å². The second-order valence-corrected chi connectivity index (χ2v) is 10.3. The highest BCUT2D eigenvalue weighted by atomic mass is 16.6. The predicted octanol–water partition coefficient (Wildman–Crippen LogP) is 2.01. The Balaban J connectivity index is 1.80. The zero-order valence-electron chi connectivity index (χ0n) is 20.2. The van der Waals surface area contributed by atoms with Gasteiger partial charge in [0.15, 0.2) is 0 Å². The molecule has 0 spiro atoms. The zero-order chi connectivity index (χ0) is 24.2. The van der Waals surface area contributed by atoms with Gasteiger partial charge in [0.25, 0.3) is 0 Å². The molecule has 0 bridgehead atoms.